The summed E-state index contributed by atoms with van der Waals surface area (Å²) >= 11 is 0. The Kier molecular flexibility index (Phi) is 4.12. The summed E-state index contributed by atoms with van der Waals surface area (Å²) in [5, 5.41) is 13.7. The zero-order valence-electron chi connectivity index (χ0n) is 14.9. The minimum atomic E-state index is -0.654. The molecule has 8 nitrogen and oxygen atoms in total. The summed E-state index contributed by atoms with van der Waals surface area (Å²) in [7, 11) is 1.62. The summed E-state index contributed by atoms with van der Waals surface area (Å²) < 4.78 is 6.43. The van der Waals surface area contributed by atoms with Crippen LogP contribution < -0.4 is 21.3 Å². The maximum Gasteiger partial charge on any atom is 0.331 e. The van der Waals surface area contributed by atoms with Gasteiger partial charge in [-0.05, 0) is 23.8 Å². The molecule has 0 amide bonds. The summed E-state index contributed by atoms with van der Waals surface area (Å²) in [6.45, 7) is 4.46. The minimum Gasteiger partial charge on any atom is -0.497 e. The molecule has 0 bridgehead atoms. The van der Waals surface area contributed by atoms with Crippen molar-refractivity contribution in [2.45, 2.75) is 19.0 Å². The fourth-order valence-electron chi connectivity index (χ4n) is 3.84. The van der Waals surface area contributed by atoms with E-state index >= 15 is 0 Å². The zero-order chi connectivity index (χ0) is 19.1. The second-order valence-electron chi connectivity index (χ2n) is 6.58. The number of aromatic hydroxyl groups is 1. The molecule has 1 aromatic carbocycles. The van der Waals surface area contributed by atoms with E-state index in [1.807, 2.05) is 23.5 Å². The Labute approximate surface area is 154 Å². The molecule has 4 rings (SSSR count). The first-order valence-electron chi connectivity index (χ1n) is 8.73. The molecule has 27 heavy (non-hydrogen) atoms. The standard InChI is InChI=1S/C19H20N4O4/c1-3-8-23-18(25)14(17(24)22-19(23)26)16-15-11(6-7-20-16)12-9-10(27-2)4-5-13(12)21-15/h3-5,9,16,20-21,25H,1,6-8H2,2H3,(H,22,24,26)/p+1/t16-/m0/s1. The maximum absolute atomic E-state index is 12.5. The quantitative estimate of drug-likeness (QED) is 0.489. The van der Waals surface area contributed by atoms with Gasteiger partial charge in [0.2, 0.25) is 5.88 Å². The molecular formula is C19H21N4O4+. The monoisotopic (exact) mass is 369 g/mol. The predicted molar refractivity (Wildman–Crippen MR) is 100 cm³/mol. The second kappa shape index (κ2) is 6.48. The molecule has 5 N–H and O–H groups in total. The van der Waals surface area contributed by atoms with Crippen molar-refractivity contribution in [1.82, 2.24) is 14.5 Å². The van der Waals surface area contributed by atoms with Gasteiger partial charge in [0, 0.05) is 23.9 Å². The van der Waals surface area contributed by atoms with Gasteiger partial charge in [-0.25, -0.2) is 4.79 Å². The highest BCUT2D eigenvalue weighted by atomic mass is 16.5. The Morgan fingerprint density at radius 3 is 2.96 bits per heavy atom. The number of aromatic amines is 2. The van der Waals surface area contributed by atoms with Gasteiger partial charge in [0.05, 0.1) is 19.3 Å². The van der Waals surface area contributed by atoms with Gasteiger partial charge in [-0.3, -0.25) is 14.3 Å². The highest BCUT2D eigenvalue weighted by Crippen LogP contribution is 2.33. The lowest BCUT2D eigenvalue weighted by Gasteiger charge is -2.22. The molecule has 0 spiro atoms. The third-order valence-corrected chi connectivity index (χ3v) is 5.08. The molecule has 1 atom stereocenters. The number of hydrogen-bond acceptors (Lipinski definition) is 4. The lowest BCUT2D eigenvalue weighted by Crippen LogP contribution is -2.87. The van der Waals surface area contributed by atoms with Crippen molar-refractivity contribution in [3.05, 3.63) is 68.5 Å². The summed E-state index contributed by atoms with van der Waals surface area (Å²) in [5.74, 6) is 0.435. The first-order chi connectivity index (χ1) is 13.0. The van der Waals surface area contributed by atoms with Crippen LogP contribution in [0.1, 0.15) is 22.9 Å². The van der Waals surface area contributed by atoms with Crippen LogP contribution in [0.3, 0.4) is 0 Å². The van der Waals surface area contributed by atoms with Gasteiger partial charge in [-0.2, -0.15) is 0 Å². The third-order valence-electron chi connectivity index (χ3n) is 5.08. The topological polar surface area (TPSA) is 117 Å². The minimum absolute atomic E-state index is 0.109. The third kappa shape index (κ3) is 2.65. The molecule has 0 fully saturated rings. The van der Waals surface area contributed by atoms with Crippen LogP contribution in [-0.2, 0) is 13.0 Å². The molecule has 0 unspecified atom stereocenters. The number of quaternary nitrogens is 1. The Balaban J connectivity index is 1.94. The number of hydrogen-bond donors (Lipinski definition) is 4. The van der Waals surface area contributed by atoms with Crippen LogP contribution in [0.2, 0.25) is 0 Å². The SMILES string of the molecule is C=CCn1c(O)c([C@@H]2[NH2+]CCc3c2[nH]c2ccc(OC)cc32)c(=O)[nH]c1=O. The maximum atomic E-state index is 12.5. The summed E-state index contributed by atoms with van der Waals surface area (Å²) in [5.41, 5.74) is 1.82. The average molecular weight is 369 g/mol. The Morgan fingerprint density at radius 1 is 1.41 bits per heavy atom. The Morgan fingerprint density at radius 2 is 2.22 bits per heavy atom. The molecule has 3 heterocycles. The van der Waals surface area contributed by atoms with Crippen LogP contribution in [0, 0.1) is 0 Å². The van der Waals surface area contributed by atoms with E-state index in [4.69, 9.17) is 4.74 Å². The number of allylic oxidation sites excluding steroid dienone is 1. The van der Waals surface area contributed by atoms with Crippen molar-refractivity contribution in [3.63, 3.8) is 0 Å². The fourth-order valence-corrected chi connectivity index (χ4v) is 3.84. The molecule has 8 heteroatoms. The lowest BCUT2D eigenvalue weighted by molar-refractivity contribution is -0.690. The van der Waals surface area contributed by atoms with Crippen molar-refractivity contribution in [1.29, 1.82) is 0 Å². The van der Waals surface area contributed by atoms with E-state index in [2.05, 4.69) is 16.5 Å². The number of ether oxygens (including phenoxy) is 1. The number of H-pyrrole nitrogens is 2. The lowest BCUT2D eigenvalue weighted by atomic mass is 9.95. The number of nitrogens with zero attached hydrogens (tertiary/aromatic N) is 1. The fraction of sp³-hybridized carbons (Fsp3) is 0.263. The summed E-state index contributed by atoms with van der Waals surface area (Å²) in [6, 6.07) is 5.34. The van der Waals surface area contributed by atoms with Crippen LogP contribution in [0.4, 0.5) is 0 Å². The first kappa shape index (κ1) is 17.2. The van der Waals surface area contributed by atoms with Crippen molar-refractivity contribution in [2.75, 3.05) is 13.7 Å². The predicted octanol–water partition coefficient (Wildman–Crippen LogP) is 0.127. The van der Waals surface area contributed by atoms with E-state index in [9.17, 15) is 14.7 Å². The Bertz CT molecular complexity index is 1150. The van der Waals surface area contributed by atoms with Gasteiger partial charge >= 0.3 is 5.69 Å². The molecule has 0 aliphatic carbocycles. The van der Waals surface area contributed by atoms with Crippen molar-refractivity contribution >= 4 is 10.9 Å². The summed E-state index contributed by atoms with van der Waals surface area (Å²) in [6.07, 6.45) is 2.32. The van der Waals surface area contributed by atoms with Gasteiger partial charge in [0.25, 0.3) is 5.56 Å². The van der Waals surface area contributed by atoms with Crippen molar-refractivity contribution < 1.29 is 15.2 Å². The van der Waals surface area contributed by atoms with E-state index in [-0.39, 0.29) is 18.0 Å². The van der Waals surface area contributed by atoms with Crippen LogP contribution in [0.15, 0.2) is 40.4 Å². The number of benzene rings is 1. The number of fused-ring (bicyclic) bond motifs is 3. The number of aromatic nitrogens is 3. The first-order valence-corrected chi connectivity index (χ1v) is 8.73. The Hall–Kier alpha value is -3.26. The molecule has 0 saturated heterocycles. The van der Waals surface area contributed by atoms with Crippen LogP contribution >= 0.6 is 0 Å². The highest BCUT2D eigenvalue weighted by molar-refractivity contribution is 5.86. The second-order valence-corrected chi connectivity index (χ2v) is 6.58. The van der Waals surface area contributed by atoms with Gasteiger partial charge in [-0.15, -0.1) is 6.58 Å². The number of nitrogens with one attached hydrogen (secondary N) is 2. The largest absolute Gasteiger partial charge is 0.497 e. The van der Waals surface area contributed by atoms with Crippen molar-refractivity contribution in [2.24, 2.45) is 0 Å². The van der Waals surface area contributed by atoms with E-state index < -0.39 is 17.3 Å². The normalized spacial score (nSPS) is 16.3. The van der Waals surface area contributed by atoms with E-state index in [0.717, 1.165) is 45.4 Å². The van der Waals surface area contributed by atoms with Gasteiger partial charge in [0.1, 0.15) is 11.3 Å². The number of methoxy groups -OCH3 is 1. The van der Waals surface area contributed by atoms with Crippen LogP contribution in [-0.4, -0.2) is 33.3 Å². The van der Waals surface area contributed by atoms with Gasteiger partial charge in [0.15, 0.2) is 6.04 Å². The molecule has 2 aromatic heterocycles. The molecule has 3 aromatic rings. The smallest absolute Gasteiger partial charge is 0.331 e. The molecule has 0 saturated carbocycles. The van der Waals surface area contributed by atoms with Gasteiger partial charge < -0.3 is 20.1 Å². The van der Waals surface area contributed by atoms with E-state index in [1.165, 1.54) is 6.08 Å². The molecule has 1 aliphatic heterocycles. The van der Waals surface area contributed by atoms with E-state index in [0.29, 0.717) is 0 Å². The van der Waals surface area contributed by atoms with E-state index in [1.54, 1.807) is 7.11 Å². The molecular weight excluding hydrogens is 348 g/mol. The highest BCUT2D eigenvalue weighted by Gasteiger charge is 2.34. The molecule has 0 radical (unpaired) electrons. The molecule has 140 valence electrons. The molecule has 1 aliphatic rings. The van der Waals surface area contributed by atoms with Crippen LogP contribution in [0.5, 0.6) is 11.6 Å². The van der Waals surface area contributed by atoms with Gasteiger partial charge in [-0.1, -0.05) is 6.08 Å². The van der Waals surface area contributed by atoms with Crippen LogP contribution in [0.25, 0.3) is 10.9 Å². The van der Waals surface area contributed by atoms with Crippen molar-refractivity contribution in [3.8, 4) is 11.6 Å². The number of rotatable bonds is 4. The average Bonchev–Trinajstić information content (AvgIpc) is 3.03. The number of nitrogens with two attached hydrogens (primary N) is 1. The summed E-state index contributed by atoms with van der Waals surface area (Å²) in [4.78, 5) is 30.2. The zero-order valence-corrected chi connectivity index (χ0v) is 14.9.